The molecule has 19 heavy (non-hydrogen) atoms. The van der Waals surface area contributed by atoms with E-state index in [9.17, 15) is 14.9 Å². The molecule has 0 atom stereocenters. The van der Waals surface area contributed by atoms with Gasteiger partial charge in [0.1, 0.15) is 5.69 Å². The Morgan fingerprint density at radius 2 is 2.16 bits per heavy atom. The average Bonchev–Trinajstić information content (AvgIpc) is 2.81. The van der Waals surface area contributed by atoms with E-state index in [1.807, 2.05) is 0 Å². The lowest BCUT2D eigenvalue weighted by atomic mass is 10.1. The zero-order chi connectivity index (χ0) is 14.0. The molecule has 0 aliphatic carbocycles. The van der Waals surface area contributed by atoms with Crippen LogP contribution in [0.3, 0.4) is 0 Å². The maximum Gasteiger partial charge on any atom is 0.354 e. The Morgan fingerprint density at radius 1 is 1.42 bits per heavy atom. The maximum atomic E-state index is 11.4. The third kappa shape index (κ3) is 2.27. The summed E-state index contributed by atoms with van der Waals surface area (Å²) >= 11 is 0. The standard InChI is InChI=1S/C12H12N2O5/c1-18-6-7-3-4-9-8(11(7)14(16)17)5-10(13-9)12(15)19-2/h3-5,13H,6H2,1-2H3. The SMILES string of the molecule is COCc1ccc2[nH]c(C(=O)OC)cc2c1[N+](=O)[O-]. The number of carbonyl (C=O) groups excluding carboxylic acids is 1. The van der Waals surface area contributed by atoms with Crippen molar-refractivity contribution in [3.05, 3.63) is 39.6 Å². The quantitative estimate of drug-likeness (QED) is 0.517. The number of ether oxygens (including phenoxy) is 2. The van der Waals surface area contributed by atoms with Gasteiger partial charge in [-0.1, -0.05) is 0 Å². The van der Waals surface area contributed by atoms with Gasteiger partial charge in [-0.15, -0.1) is 0 Å². The first-order valence-electron chi connectivity index (χ1n) is 5.44. The molecule has 0 radical (unpaired) electrons. The summed E-state index contributed by atoms with van der Waals surface area (Å²) in [6.45, 7) is 0.130. The number of H-pyrrole nitrogens is 1. The summed E-state index contributed by atoms with van der Waals surface area (Å²) in [5.41, 5.74) is 1.07. The Morgan fingerprint density at radius 3 is 2.74 bits per heavy atom. The highest BCUT2D eigenvalue weighted by Gasteiger charge is 2.21. The van der Waals surface area contributed by atoms with Crippen molar-refractivity contribution in [1.29, 1.82) is 0 Å². The first-order valence-corrected chi connectivity index (χ1v) is 5.44. The predicted octanol–water partition coefficient (Wildman–Crippen LogP) is 2.01. The molecule has 7 heteroatoms. The fourth-order valence-electron chi connectivity index (χ4n) is 1.94. The Labute approximate surface area is 108 Å². The molecule has 0 unspecified atom stereocenters. The number of carbonyl (C=O) groups is 1. The molecule has 0 spiro atoms. The van der Waals surface area contributed by atoms with Crippen LogP contribution in [0, 0.1) is 10.1 Å². The van der Waals surface area contributed by atoms with Crippen molar-refractivity contribution in [3.8, 4) is 0 Å². The van der Waals surface area contributed by atoms with Gasteiger partial charge in [0.05, 0.1) is 35.1 Å². The molecule has 0 bridgehead atoms. The van der Waals surface area contributed by atoms with Crippen LogP contribution in [0.4, 0.5) is 5.69 Å². The molecule has 7 nitrogen and oxygen atoms in total. The molecular formula is C12H12N2O5. The summed E-state index contributed by atoms with van der Waals surface area (Å²) in [5, 5.41) is 11.5. The minimum absolute atomic E-state index is 0.0641. The molecule has 1 aromatic heterocycles. The van der Waals surface area contributed by atoms with Crippen molar-refractivity contribution >= 4 is 22.6 Å². The highest BCUT2D eigenvalue weighted by Crippen LogP contribution is 2.30. The highest BCUT2D eigenvalue weighted by atomic mass is 16.6. The number of aromatic amines is 1. The van der Waals surface area contributed by atoms with E-state index < -0.39 is 10.9 Å². The van der Waals surface area contributed by atoms with E-state index in [0.29, 0.717) is 16.5 Å². The van der Waals surface area contributed by atoms with E-state index in [4.69, 9.17) is 4.74 Å². The average molecular weight is 264 g/mol. The van der Waals surface area contributed by atoms with Gasteiger partial charge in [-0.05, 0) is 18.2 Å². The fraction of sp³-hybridized carbons (Fsp3) is 0.250. The second-order valence-corrected chi connectivity index (χ2v) is 3.90. The first-order chi connectivity index (χ1) is 9.08. The van der Waals surface area contributed by atoms with Crippen LogP contribution in [-0.2, 0) is 16.1 Å². The molecule has 2 aromatic rings. The molecule has 0 fully saturated rings. The Bertz CT molecular complexity index is 647. The number of nitro groups is 1. The number of hydrogen-bond acceptors (Lipinski definition) is 5. The normalized spacial score (nSPS) is 10.6. The van der Waals surface area contributed by atoms with E-state index in [2.05, 4.69) is 9.72 Å². The maximum absolute atomic E-state index is 11.4. The van der Waals surface area contributed by atoms with Gasteiger partial charge in [0.25, 0.3) is 5.69 Å². The number of methoxy groups -OCH3 is 2. The van der Waals surface area contributed by atoms with Crippen LogP contribution in [0.5, 0.6) is 0 Å². The number of benzene rings is 1. The van der Waals surface area contributed by atoms with Crippen molar-refractivity contribution in [2.24, 2.45) is 0 Å². The Balaban J connectivity index is 2.67. The Kier molecular flexibility index (Phi) is 3.48. The van der Waals surface area contributed by atoms with Crippen molar-refractivity contribution in [3.63, 3.8) is 0 Å². The molecule has 0 saturated heterocycles. The molecule has 1 aromatic carbocycles. The second kappa shape index (κ2) is 5.07. The van der Waals surface area contributed by atoms with Crippen molar-refractivity contribution in [1.82, 2.24) is 4.98 Å². The van der Waals surface area contributed by atoms with Gasteiger partial charge in [-0.3, -0.25) is 10.1 Å². The smallest absolute Gasteiger partial charge is 0.354 e. The highest BCUT2D eigenvalue weighted by molar-refractivity contribution is 5.98. The van der Waals surface area contributed by atoms with E-state index in [1.165, 1.54) is 20.3 Å². The lowest BCUT2D eigenvalue weighted by Crippen LogP contribution is -2.00. The van der Waals surface area contributed by atoms with Crippen molar-refractivity contribution in [2.75, 3.05) is 14.2 Å². The number of aromatic nitrogens is 1. The van der Waals surface area contributed by atoms with Crippen LogP contribution in [0.1, 0.15) is 16.1 Å². The summed E-state index contributed by atoms with van der Waals surface area (Å²) in [7, 11) is 2.71. The number of esters is 1. The third-order valence-corrected chi connectivity index (χ3v) is 2.75. The monoisotopic (exact) mass is 264 g/mol. The van der Waals surface area contributed by atoms with Crippen LogP contribution in [0.25, 0.3) is 10.9 Å². The lowest BCUT2D eigenvalue weighted by Gasteiger charge is -2.02. The minimum Gasteiger partial charge on any atom is -0.464 e. The van der Waals surface area contributed by atoms with Gasteiger partial charge in [0, 0.05) is 7.11 Å². The van der Waals surface area contributed by atoms with Crippen molar-refractivity contribution in [2.45, 2.75) is 6.61 Å². The molecule has 0 aliphatic heterocycles. The number of nitrogens with one attached hydrogen (secondary N) is 1. The van der Waals surface area contributed by atoms with Crippen LogP contribution >= 0.6 is 0 Å². The second-order valence-electron chi connectivity index (χ2n) is 3.90. The topological polar surface area (TPSA) is 94.5 Å². The lowest BCUT2D eigenvalue weighted by molar-refractivity contribution is -0.384. The van der Waals surface area contributed by atoms with E-state index >= 15 is 0 Å². The van der Waals surface area contributed by atoms with E-state index in [-0.39, 0.29) is 18.0 Å². The van der Waals surface area contributed by atoms with Crippen LogP contribution in [0.15, 0.2) is 18.2 Å². The van der Waals surface area contributed by atoms with Crippen LogP contribution < -0.4 is 0 Å². The molecule has 2 rings (SSSR count). The predicted molar refractivity (Wildman–Crippen MR) is 67.0 cm³/mol. The molecule has 100 valence electrons. The molecule has 0 amide bonds. The fourth-order valence-corrected chi connectivity index (χ4v) is 1.94. The van der Waals surface area contributed by atoms with Gasteiger partial charge in [0.2, 0.25) is 0 Å². The van der Waals surface area contributed by atoms with Gasteiger partial charge in [-0.2, -0.15) is 0 Å². The number of nitrogens with zero attached hydrogens (tertiary/aromatic N) is 1. The summed E-state index contributed by atoms with van der Waals surface area (Å²) in [5.74, 6) is -0.571. The molecular weight excluding hydrogens is 252 g/mol. The van der Waals surface area contributed by atoms with E-state index in [0.717, 1.165) is 0 Å². The third-order valence-electron chi connectivity index (χ3n) is 2.75. The van der Waals surface area contributed by atoms with Crippen molar-refractivity contribution < 1.29 is 19.2 Å². The molecule has 0 aliphatic rings. The molecule has 0 saturated carbocycles. The minimum atomic E-state index is -0.571. The van der Waals surface area contributed by atoms with E-state index in [1.54, 1.807) is 12.1 Å². The van der Waals surface area contributed by atoms with Gasteiger partial charge >= 0.3 is 5.97 Å². The van der Waals surface area contributed by atoms with Crippen LogP contribution in [-0.4, -0.2) is 30.1 Å². The van der Waals surface area contributed by atoms with Crippen LogP contribution in [0.2, 0.25) is 0 Å². The van der Waals surface area contributed by atoms with Gasteiger partial charge < -0.3 is 14.5 Å². The summed E-state index contributed by atoms with van der Waals surface area (Å²) < 4.78 is 9.52. The largest absolute Gasteiger partial charge is 0.464 e. The summed E-state index contributed by atoms with van der Waals surface area (Å²) in [6, 6.07) is 4.68. The van der Waals surface area contributed by atoms with Gasteiger partial charge in [0.15, 0.2) is 0 Å². The molecule has 1 heterocycles. The number of fused-ring (bicyclic) bond motifs is 1. The zero-order valence-corrected chi connectivity index (χ0v) is 10.4. The Hall–Kier alpha value is -2.41. The number of hydrogen-bond donors (Lipinski definition) is 1. The molecule has 1 N–H and O–H groups in total. The zero-order valence-electron chi connectivity index (χ0n) is 10.4. The number of rotatable bonds is 4. The first kappa shape index (κ1) is 13.0. The summed E-state index contributed by atoms with van der Waals surface area (Å²) in [6.07, 6.45) is 0. The number of nitro benzene ring substituents is 1. The summed E-state index contributed by atoms with van der Waals surface area (Å²) in [4.78, 5) is 24.9. The van der Waals surface area contributed by atoms with Gasteiger partial charge in [-0.25, -0.2) is 4.79 Å².